The molecule has 1 heterocycles. The number of hydrogen-bond acceptors (Lipinski definition) is 1. The molecule has 1 aliphatic heterocycles. The normalized spacial score (nSPS) is 28.7. The molecule has 0 saturated carbocycles. The highest BCUT2D eigenvalue weighted by atomic mass is 15.1. The van der Waals surface area contributed by atoms with Gasteiger partial charge in [0.05, 0.1) is 0 Å². The van der Waals surface area contributed by atoms with Gasteiger partial charge in [0.1, 0.15) is 0 Å². The SMILES string of the molecule is CC(C)C[C@H]1CN1. The van der Waals surface area contributed by atoms with Crippen molar-refractivity contribution in [1.29, 1.82) is 0 Å². The summed E-state index contributed by atoms with van der Waals surface area (Å²) in [5.74, 6) is 0.875. The van der Waals surface area contributed by atoms with Crippen LogP contribution in [0.1, 0.15) is 20.3 Å². The Morgan fingerprint density at radius 3 is 2.43 bits per heavy atom. The second-order valence-electron chi connectivity index (χ2n) is 2.73. The van der Waals surface area contributed by atoms with E-state index in [2.05, 4.69) is 19.2 Å². The Morgan fingerprint density at radius 2 is 2.29 bits per heavy atom. The summed E-state index contributed by atoms with van der Waals surface area (Å²) < 4.78 is 0. The van der Waals surface area contributed by atoms with Gasteiger partial charge in [0.15, 0.2) is 0 Å². The quantitative estimate of drug-likeness (QED) is 0.513. The van der Waals surface area contributed by atoms with E-state index in [1.54, 1.807) is 0 Å². The van der Waals surface area contributed by atoms with Crippen molar-refractivity contribution < 1.29 is 0 Å². The molecule has 1 saturated heterocycles. The average molecular weight is 99.2 g/mol. The third-order valence-electron chi connectivity index (χ3n) is 1.25. The second-order valence-corrected chi connectivity index (χ2v) is 2.73. The Hall–Kier alpha value is -0.0400. The van der Waals surface area contributed by atoms with Crippen molar-refractivity contribution in [2.45, 2.75) is 26.3 Å². The lowest BCUT2D eigenvalue weighted by Crippen LogP contribution is -1.95. The van der Waals surface area contributed by atoms with E-state index in [9.17, 15) is 0 Å². The van der Waals surface area contributed by atoms with Gasteiger partial charge in [-0.15, -0.1) is 0 Å². The molecule has 42 valence electrons. The zero-order valence-electron chi connectivity index (χ0n) is 5.07. The van der Waals surface area contributed by atoms with Crippen LogP contribution in [0.5, 0.6) is 0 Å². The molecule has 0 aliphatic carbocycles. The number of rotatable bonds is 2. The third kappa shape index (κ3) is 1.93. The molecule has 1 rings (SSSR count). The first-order valence-corrected chi connectivity index (χ1v) is 3.02. The van der Waals surface area contributed by atoms with E-state index in [4.69, 9.17) is 0 Å². The van der Waals surface area contributed by atoms with Gasteiger partial charge in [0.25, 0.3) is 0 Å². The standard InChI is InChI=1S/C6H13N/c1-5(2)3-6-4-7-6/h5-7H,3-4H2,1-2H3/t6-/m0/s1. The van der Waals surface area contributed by atoms with Crippen LogP contribution in [0.4, 0.5) is 0 Å². The maximum absolute atomic E-state index is 3.27. The molecular weight excluding hydrogens is 86.1 g/mol. The zero-order valence-corrected chi connectivity index (χ0v) is 5.07. The summed E-state index contributed by atoms with van der Waals surface area (Å²) in [6.45, 7) is 5.79. The van der Waals surface area contributed by atoms with Crippen LogP contribution in [0.15, 0.2) is 0 Å². The summed E-state index contributed by atoms with van der Waals surface area (Å²) in [6.07, 6.45) is 1.36. The molecule has 0 aromatic rings. The van der Waals surface area contributed by atoms with Crippen molar-refractivity contribution in [3.63, 3.8) is 0 Å². The minimum Gasteiger partial charge on any atom is -0.311 e. The molecule has 1 N–H and O–H groups in total. The van der Waals surface area contributed by atoms with Gasteiger partial charge in [0, 0.05) is 12.6 Å². The van der Waals surface area contributed by atoms with Gasteiger partial charge < -0.3 is 5.32 Å². The molecule has 0 aromatic carbocycles. The van der Waals surface area contributed by atoms with E-state index in [1.165, 1.54) is 13.0 Å². The van der Waals surface area contributed by atoms with E-state index in [-0.39, 0.29) is 0 Å². The molecule has 0 unspecified atom stereocenters. The van der Waals surface area contributed by atoms with Crippen molar-refractivity contribution >= 4 is 0 Å². The maximum atomic E-state index is 3.27. The summed E-state index contributed by atoms with van der Waals surface area (Å²) >= 11 is 0. The fraction of sp³-hybridized carbons (Fsp3) is 1.00. The minimum atomic E-state index is 0.875. The van der Waals surface area contributed by atoms with Gasteiger partial charge in [-0.25, -0.2) is 0 Å². The first-order valence-electron chi connectivity index (χ1n) is 3.02. The minimum absolute atomic E-state index is 0.875. The molecule has 1 atom stereocenters. The van der Waals surface area contributed by atoms with Crippen molar-refractivity contribution in [2.75, 3.05) is 6.54 Å². The summed E-state index contributed by atoms with van der Waals surface area (Å²) in [6, 6.07) is 0.875. The largest absolute Gasteiger partial charge is 0.311 e. The van der Waals surface area contributed by atoms with Crippen molar-refractivity contribution in [3.8, 4) is 0 Å². The molecule has 0 spiro atoms. The Balaban J connectivity index is 1.97. The molecule has 1 fully saturated rings. The van der Waals surface area contributed by atoms with Crippen LogP contribution in [-0.2, 0) is 0 Å². The highest BCUT2D eigenvalue weighted by Crippen LogP contribution is 2.10. The summed E-state index contributed by atoms with van der Waals surface area (Å²) in [5.41, 5.74) is 0. The van der Waals surface area contributed by atoms with Gasteiger partial charge in [-0.3, -0.25) is 0 Å². The molecular formula is C6H13N. The third-order valence-corrected chi connectivity index (χ3v) is 1.25. The van der Waals surface area contributed by atoms with Gasteiger partial charge in [-0.05, 0) is 12.3 Å². The van der Waals surface area contributed by atoms with Crippen LogP contribution in [0.3, 0.4) is 0 Å². The van der Waals surface area contributed by atoms with E-state index >= 15 is 0 Å². The fourth-order valence-corrected chi connectivity index (χ4v) is 0.819. The lowest BCUT2D eigenvalue weighted by Gasteiger charge is -1.97. The molecule has 1 nitrogen and oxygen atoms in total. The van der Waals surface area contributed by atoms with Crippen LogP contribution < -0.4 is 5.32 Å². The Kier molecular flexibility index (Phi) is 1.33. The number of nitrogens with one attached hydrogen (secondary N) is 1. The summed E-state index contributed by atoms with van der Waals surface area (Å²) in [4.78, 5) is 0. The van der Waals surface area contributed by atoms with Crippen LogP contribution in [0.2, 0.25) is 0 Å². The molecule has 1 heteroatoms. The lowest BCUT2D eigenvalue weighted by atomic mass is 10.1. The Labute approximate surface area is 45.1 Å². The van der Waals surface area contributed by atoms with Gasteiger partial charge in [-0.1, -0.05) is 13.8 Å². The second kappa shape index (κ2) is 1.83. The van der Waals surface area contributed by atoms with Crippen molar-refractivity contribution in [1.82, 2.24) is 5.32 Å². The highest BCUT2D eigenvalue weighted by Gasteiger charge is 2.19. The molecule has 0 bridgehead atoms. The molecule has 1 aliphatic rings. The fourth-order valence-electron chi connectivity index (χ4n) is 0.819. The monoisotopic (exact) mass is 99.1 g/mol. The molecule has 0 aromatic heterocycles. The van der Waals surface area contributed by atoms with E-state index in [0.717, 1.165) is 12.0 Å². The Bertz CT molecular complexity index is 55.2. The van der Waals surface area contributed by atoms with Crippen LogP contribution in [0, 0.1) is 5.92 Å². The first kappa shape index (κ1) is 5.10. The van der Waals surface area contributed by atoms with Crippen LogP contribution in [0.25, 0.3) is 0 Å². The molecule has 7 heavy (non-hydrogen) atoms. The first-order chi connectivity index (χ1) is 3.29. The van der Waals surface area contributed by atoms with Gasteiger partial charge in [-0.2, -0.15) is 0 Å². The highest BCUT2D eigenvalue weighted by molar-refractivity contribution is 4.83. The van der Waals surface area contributed by atoms with Gasteiger partial charge >= 0.3 is 0 Å². The average Bonchev–Trinajstić information content (AvgIpc) is 2.17. The van der Waals surface area contributed by atoms with E-state index < -0.39 is 0 Å². The zero-order chi connectivity index (χ0) is 5.28. The topological polar surface area (TPSA) is 21.9 Å². The predicted octanol–water partition coefficient (Wildman–Crippen LogP) is 1.00. The van der Waals surface area contributed by atoms with Crippen LogP contribution in [-0.4, -0.2) is 12.6 Å². The smallest absolute Gasteiger partial charge is 0.0195 e. The van der Waals surface area contributed by atoms with E-state index in [1.807, 2.05) is 0 Å². The molecule has 0 amide bonds. The Morgan fingerprint density at radius 1 is 1.71 bits per heavy atom. The van der Waals surface area contributed by atoms with Crippen molar-refractivity contribution in [2.24, 2.45) is 5.92 Å². The van der Waals surface area contributed by atoms with Crippen molar-refractivity contribution in [3.05, 3.63) is 0 Å². The predicted molar refractivity (Wildman–Crippen MR) is 31.2 cm³/mol. The van der Waals surface area contributed by atoms with E-state index in [0.29, 0.717) is 0 Å². The lowest BCUT2D eigenvalue weighted by molar-refractivity contribution is 0.580. The van der Waals surface area contributed by atoms with Gasteiger partial charge in [0.2, 0.25) is 0 Å². The maximum Gasteiger partial charge on any atom is 0.0195 e. The number of hydrogen-bond donors (Lipinski definition) is 1. The summed E-state index contributed by atoms with van der Waals surface area (Å²) in [7, 11) is 0. The molecule has 0 radical (unpaired) electrons. The van der Waals surface area contributed by atoms with Crippen LogP contribution >= 0.6 is 0 Å². The summed E-state index contributed by atoms with van der Waals surface area (Å²) in [5, 5.41) is 3.27.